The Balaban J connectivity index is 1.36. The lowest BCUT2D eigenvalue weighted by atomic mass is 10.1. The number of rotatable bonds is 6. The number of sulfonamides is 1. The van der Waals surface area contributed by atoms with Gasteiger partial charge in [0, 0.05) is 44.0 Å². The SMILES string of the molecule is Cc1ccc(S(=O)(=O)N2CCN(Cc3cccc(C(=O)Nc4cccc(F)c4)c3)CC2)cc1. The van der Waals surface area contributed by atoms with E-state index in [1.807, 2.05) is 25.1 Å². The van der Waals surface area contributed by atoms with E-state index in [9.17, 15) is 17.6 Å². The Kier molecular flexibility index (Phi) is 6.88. The zero-order valence-corrected chi connectivity index (χ0v) is 19.2. The molecule has 1 fully saturated rings. The van der Waals surface area contributed by atoms with Gasteiger partial charge in [0.15, 0.2) is 0 Å². The standard InChI is InChI=1S/C25H26FN3O3S/c1-19-8-10-24(11-9-19)33(31,32)29-14-12-28(13-15-29)18-20-4-2-5-21(16-20)25(30)27-23-7-3-6-22(26)17-23/h2-11,16-17H,12-15,18H2,1H3,(H,27,30). The highest BCUT2D eigenvalue weighted by atomic mass is 32.2. The van der Waals surface area contributed by atoms with Crippen LogP contribution in [0.15, 0.2) is 77.7 Å². The Morgan fingerprint density at radius 1 is 0.939 bits per heavy atom. The van der Waals surface area contributed by atoms with E-state index < -0.39 is 15.8 Å². The molecule has 172 valence electrons. The molecule has 3 aromatic carbocycles. The van der Waals surface area contributed by atoms with Crippen molar-refractivity contribution >= 4 is 21.6 Å². The van der Waals surface area contributed by atoms with Crippen LogP contribution < -0.4 is 5.32 Å². The Morgan fingerprint density at radius 3 is 2.33 bits per heavy atom. The summed E-state index contributed by atoms with van der Waals surface area (Å²) in [5.74, 6) is -0.721. The fraction of sp³-hybridized carbons (Fsp3) is 0.240. The molecule has 1 heterocycles. The minimum atomic E-state index is -3.50. The molecule has 3 aromatic rings. The Morgan fingerprint density at radius 2 is 1.64 bits per heavy atom. The maximum atomic E-state index is 13.4. The van der Waals surface area contributed by atoms with Crippen molar-refractivity contribution in [3.8, 4) is 0 Å². The van der Waals surface area contributed by atoms with E-state index in [0.717, 1.165) is 11.1 Å². The lowest BCUT2D eigenvalue weighted by Crippen LogP contribution is -2.48. The predicted molar refractivity (Wildman–Crippen MR) is 126 cm³/mol. The van der Waals surface area contributed by atoms with Gasteiger partial charge in [0.05, 0.1) is 4.90 Å². The molecule has 0 bridgehead atoms. The molecule has 1 N–H and O–H groups in total. The van der Waals surface area contributed by atoms with Crippen LogP contribution in [-0.2, 0) is 16.6 Å². The van der Waals surface area contributed by atoms with Crippen LogP contribution in [0.5, 0.6) is 0 Å². The lowest BCUT2D eigenvalue weighted by molar-refractivity contribution is 0.102. The van der Waals surface area contributed by atoms with E-state index in [1.54, 1.807) is 42.5 Å². The lowest BCUT2D eigenvalue weighted by Gasteiger charge is -2.34. The van der Waals surface area contributed by atoms with Crippen LogP contribution in [0.1, 0.15) is 21.5 Å². The van der Waals surface area contributed by atoms with E-state index in [2.05, 4.69) is 10.2 Å². The molecule has 0 radical (unpaired) electrons. The molecule has 0 saturated carbocycles. The van der Waals surface area contributed by atoms with Gasteiger partial charge in [-0.25, -0.2) is 12.8 Å². The molecule has 1 saturated heterocycles. The molecular weight excluding hydrogens is 441 g/mol. The number of anilines is 1. The van der Waals surface area contributed by atoms with Crippen molar-refractivity contribution in [2.75, 3.05) is 31.5 Å². The van der Waals surface area contributed by atoms with Gasteiger partial charge in [-0.3, -0.25) is 9.69 Å². The second kappa shape index (κ2) is 9.82. The molecule has 0 unspecified atom stereocenters. The smallest absolute Gasteiger partial charge is 0.255 e. The van der Waals surface area contributed by atoms with Crippen LogP contribution in [0.25, 0.3) is 0 Å². The van der Waals surface area contributed by atoms with Crippen LogP contribution in [0.4, 0.5) is 10.1 Å². The normalized spacial score (nSPS) is 15.3. The topological polar surface area (TPSA) is 69.7 Å². The van der Waals surface area contributed by atoms with Crippen molar-refractivity contribution in [3.05, 3.63) is 95.3 Å². The third kappa shape index (κ3) is 5.65. The van der Waals surface area contributed by atoms with Crippen LogP contribution in [0, 0.1) is 12.7 Å². The molecule has 0 aliphatic carbocycles. The molecular formula is C25H26FN3O3S. The second-order valence-corrected chi connectivity index (χ2v) is 10.1. The summed E-state index contributed by atoms with van der Waals surface area (Å²) in [6.07, 6.45) is 0. The Hall–Kier alpha value is -3.07. The zero-order chi connectivity index (χ0) is 23.4. The number of carbonyl (C=O) groups excluding carboxylic acids is 1. The fourth-order valence-electron chi connectivity index (χ4n) is 3.83. The van der Waals surface area contributed by atoms with E-state index in [-0.39, 0.29) is 5.91 Å². The monoisotopic (exact) mass is 467 g/mol. The molecule has 1 amide bonds. The Bertz CT molecular complexity index is 1240. The van der Waals surface area contributed by atoms with E-state index >= 15 is 0 Å². The van der Waals surface area contributed by atoms with E-state index in [0.29, 0.717) is 48.9 Å². The van der Waals surface area contributed by atoms with Crippen LogP contribution in [-0.4, -0.2) is 49.7 Å². The van der Waals surface area contributed by atoms with Crippen LogP contribution in [0.2, 0.25) is 0 Å². The number of nitrogens with zero attached hydrogens (tertiary/aromatic N) is 2. The van der Waals surface area contributed by atoms with Crippen molar-refractivity contribution in [2.24, 2.45) is 0 Å². The van der Waals surface area contributed by atoms with Gasteiger partial charge in [-0.15, -0.1) is 0 Å². The number of piperazine rings is 1. The quantitative estimate of drug-likeness (QED) is 0.597. The molecule has 4 rings (SSSR count). The fourth-order valence-corrected chi connectivity index (χ4v) is 5.25. The number of aryl methyl sites for hydroxylation is 1. The van der Waals surface area contributed by atoms with E-state index in [4.69, 9.17) is 0 Å². The van der Waals surface area contributed by atoms with Crippen molar-refractivity contribution in [3.63, 3.8) is 0 Å². The first-order valence-corrected chi connectivity index (χ1v) is 12.2. The van der Waals surface area contributed by atoms with Gasteiger partial charge in [0.1, 0.15) is 5.82 Å². The molecule has 0 aromatic heterocycles. The first kappa shape index (κ1) is 23.1. The molecule has 1 aliphatic heterocycles. The first-order chi connectivity index (χ1) is 15.8. The summed E-state index contributed by atoms with van der Waals surface area (Å²) in [5.41, 5.74) is 2.86. The van der Waals surface area contributed by atoms with Crippen molar-refractivity contribution in [2.45, 2.75) is 18.4 Å². The molecule has 6 nitrogen and oxygen atoms in total. The highest BCUT2D eigenvalue weighted by molar-refractivity contribution is 7.89. The number of benzene rings is 3. The van der Waals surface area contributed by atoms with E-state index in [1.165, 1.54) is 16.4 Å². The minimum absolute atomic E-state index is 0.309. The summed E-state index contributed by atoms with van der Waals surface area (Å²) in [5, 5.41) is 2.71. The molecule has 33 heavy (non-hydrogen) atoms. The number of hydrogen-bond acceptors (Lipinski definition) is 4. The molecule has 8 heteroatoms. The van der Waals surface area contributed by atoms with Gasteiger partial charge < -0.3 is 5.32 Å². The van der Waals surface area contributed by atoms with Gasteiger partial charge in [-0.2, -0.15) is 4.31 Å². The third-order valence-corrected chi connectivity index (χ3v) is 7.58. The largest absolute Gasteiger partial charge is 0.322 e. The van der Waals surface area contributed by atoms with Crippen molar-refractivity contribution < 1.29 is 17.6 Å². The summed E-state index contributed by atoms with van der Waals surface area (Å²) < 4.78 is 40.7. The zero-order valence-electron chi connectivity index (χ0n) is 18.4. The summed E-state index contributed by atoms with van der Waals surface area (Å²) >= 11 is 0. The van der Waals surface area contributed by atoms with Gasteiger partial charge in [-0.05, 0) is 55.0 Å². The number of halogens is 1. The average molecular weight is 468 g/mol. The number of hydrogen-bond donors (Lipinski definition) is 1. The molecule has 0 spiro atoms. The summed E-state index contributed by atoms with van der Waals surface area (Å²) in [6, 6.07) is 20.0. The van der Waals surface area contributed by atoms with Gasteiger partial charge in [0.25, 0.3) is 5.91 Å². The van der Waals surface area contributed by atoms with Gasteiger partial charge in [0.2, 0.25) is 10.0 Å². The number of carbonyl (C=O) groups is 1. The first-order valence-electron chi connectivity index (χ1n) is 10.8. The van der Waals surface area contributed by atoms with Crippen LogP contribution in [0.3, 0.4) is 0 Å². The van der Waals surface area contributed by atoms with Crippen molar-refractivity contribution in [1.82, 2.24) is 9.21 Å². The highest BCUT2D eigenvalue weighted by Crippen LogP contribution is 2.19. The molecule has 1 aliphatic rings. The minimum Gasteiger partial charge on any atom is -0.322 e. The summed E-state index contributed by atoms with van der Waals surface area (Å²) in [6.45, 7) is 4.57. The average Bonchev–Trinajstić information content (AvgIpc) is 2.80. The van der Waals surface area contributed by atoms with Gasteiger partial charge >= 0.3 is 0 Å². The molecule has 0 atom stereocenters. The Labute approximate surface area is 193 Å². The number of amides is 1. The predicted octanol–water partition coefficient (Wildman–Crippen LogP) is 3.89. The van der Waals surface area contributed by atoms with Gasteiger partial charge in [-0.1, -0.05) is 35.9 Å². The maximum absolute atomic E-state index is 13.4. The summed E-state index contributed by atoms with van der Waals surface area (Å²) in [7, 11) is -3.50. The highest BCUT2D eigenvalue weighted by Gasteiger charge is 2.28. The van der Waals surface area contributed by atoms with Crippen LogP contribution >= 0.6 is 0 Å². The third-order valence-electron chi connectivity index (χ3n) is 5.67. The number of nitrogens with one attached hydrogen (secondary N) is 1. The summed E-state index contributed by atoms with van der Waals surface area (Å²) in [4.78, 5) is 15.0. The maximum Gasteiger partial charge on any atom is 0.255 e. The second-order valence-electron chi connectivity index (χ2n) is 8.16. The van der Waals surface area contributed by atoms with Crippen molar-refractivity contribution in [1.29, 1.82) is 0 Å².